The largest absolute Gasteiger partial charge is 0.495 e. The molecule has 0 amide bonds. The number of benzene rings is 1. The Hall–Kier alpha value is -2.43. The summed E-state index contributed by atoms with van der Waals surface area (Å²) in [7, 11) is 1.57. The van der Waals surface area contributed by atoms with Crippen LogP contribution < -0.4 is 4.74 Å². The van der Waals surface area contributed by atoms with Gasteiger partial charge in [0, 0.05) is 6.07 Å². The van der Waals surface area contributed by atoms with Gasteiger partial charge in [-0.1, -0.05) is 12.1 Å². The summed E-state index contributed by atoms with van der Waals surface area (Å²) in [6.07, 6.45) is 3.22. The Morgan fingerprint density at radius 3 is 2.89 bits per heavy atom. The summed E-state index contributed by atoms with van der Waals surface area (Å²) in [4.78, 5) is 4.22. The van der Waals surface area contributed by atoms with Crippen molar-refractivity contribution in [2.45, 2.75) is 6.92 Å². The number of fused-ring (bicyclic) bond motifs is 1. The lowest BCUT2D eigenvalue weighted by Gasteiger charge is -2.07. The molecule has 0 saturated carbocycles. The molecule has 0 aliphatic rings. The van der Waals surface area contributed by atoms with Crippen molar-refractivity contribution >= 4 is 11.0 Å². The molecule has 2 aromatic heterocycles. The van der Waals surface area contributed by atoms with Gasteiger partial charge in [0.2, 0.25) is 0 Å². The molecule has 0 saturated heterocycles. The van der Waals surface area contributed by atoms with Gasteiger partial charge in [0.15, 0.2) is 5.82 Å². The van der Waals surface area contributed by atoms with Crippen molar-refractivity contribution in [2.75, 3.05) is 7.11 Å². The zero-order valence-corrected chi connectivity index (χ0v) is 10.6. The second kappa shape index (κ2) is 4.35. The van der Waals surface area contributed by atoms with Crippen LogP contribution in [0.25, 0.3) is 16.7 Å². The van der Waals surface area contributed by atoms with E-state index in [0.29, 0.717) is 28.0 Å². The summed E-state index contributed by atoms with van der Waals surface area (Å²) >= 11 is 0. The molecule has 5 heteroatoms. The summed E-state index contributed by atoms with van der Waals surface area (Å²) < 4.78 is 20.8. The fraction of sp³-hybridized carbons (Fsp3) is 0.143. The minimum atomic E-state index is -0.282. The first-order chi connectivity index (χ1) is 9.20. The molecule has 3 aromatic rings. The monoisotopic (exact) mass is 257 g/mol. The Morgan fingerprint density at radius 1 is 1.26 bits per heavy atom. The van der Waals surface area contributed by atoms with Crippen LogP contribution in [0.3, 0.4) is 0 Å². The van der Waals surface area contributed by atoms with Crippen LogP contribution in [0.1, 0.15) is 5.56 Å². The Morgan fingerprint density at radius 2 is 2.11 bits per heavy atom. The Labute approximate surface area is 109 Å². The fourth-order valence-corrected chi connectivity index (χ4v) is 1.99. The van der Waals surface area contributed by atoms with E-state index >= 15 is 0 Å². The van der Waals surface area contributed by atoms with Gasteiger partial charge in [-0.15, -0.1) is 0 Å². The highest BCUT2D eigenvalue weighted by Gasteiger charge is 2.12. The molecule has 0 unspecified atom stereocenters. The zero-order chi connectivity index (χ0) is 13.4. The van der Waals surface area contributed by atoms with Crippen LogP contribution in [0.2, 0.25) is 0 Å². The van der Waals surface area contributed by atoms with Crippen molar-refractivity contribution in [2.24, 2.45) is 0 Å². The summed E-state index contributed by atoms with van der Waals surface area (Å²) in [6.45, 7) is 1.73. The minimum absolute atomic E-state index is 0.282. The van der Waals surface area contributed by atoms with E-state index < -0.39 is 0 Å². The van der Waals surface area contributed by atoms with E-state index in [4.69, 9.17) is 4.74 Å². The molecule has 0 atom stereocenters. The van der Waals surface area contributed by atoms with Gasteiger partial charge < -0.3 is 4.74 Å². The van der Waals surface area contributed by atoms with Crippen LogP contribution in [0.5, 0.6) is 5.75 Å². The van der Waals surface area contributed by atoms with E-state index in [1.807, 2.05) is 0 Å². The second-order valence-corrected chi connectivity index (χ2v) is 4.24. The van der Waals surface area contributed by atoms with Crippen molar-refractivity contribution in [3.63, 3.8) is 0 Å². The van der Waals surface area contributed by atoms with Crippen LogP contribution in [0.15, 0.2) is 36.7 Å². The molecule has 0 radical (unpaired) electrons. The first-order valence-electron chi connectivity index (χ1n) is 5.84. The van der Waals surface area contributed by atoms with Crippen molar-refractivity contribution in [3.8, 4) is 11.4 Å². The van der Waals surface area contributed by atoms with Gasteiger partial charge in [0.05, 0.1) is 25.0 Å². The maximum atomic E-state index is 14.2. The van der Waals surface area contributed by atoms with Gasteiger partial charge in [-0.3, -0.25) is 0 Å². The van der Waals surface area contributed by atoms with Crippen molar-refractivity contribution < 1.29 is 9.13 Å². The highest BCUT2D eigenvalue weighted by Crippen LogP contribution is 2.23. The van der Waals surface area contributed by atoms with Crippen LogP contribution in [0.4, 0.5) is 4.39 Å². The lowest BCUT2D eigenvalue weighted by Crippen LogP contribution is -2.01. The van der Waals surface area contributed by atoms with E-state index in [9.17, 15) is 4.39 Å². The van der Waals surface area contributed by atoms with Gasteiger partial charge in [0.25, 0.3) is 0 Å². The average molecular weight is 257 g/mol. The average Bonchev–Trinajstić information content (AvgIpc) is 2.84. The van der Waals surface area contributed by atoms with Crippen molar-refractivity contribution in [1.82, 2.24) is 14.8 Å². The van der Waals surface area contributed by atoms with Crippen LogP contribution in [0, 0.1) is 12.7 Å². The van der Waals surface area contributed by atoms with Crippen molar-refractivity contribution in [1.29, 1.82) is 0 Å². The second-order valence-electron chi connectivity index (χ2n) is 4.24. The van der Waals surface area contributed by atoms with Gasteiger partial charge in [0.1, 0.15) is 17.0 Å². The van der Waals surface area contributed by atoms with E-state index in [0.717, 1.165) is 0 Å². The number of methoxy groups -OCH3 is 1. The molecule has 0 aliphatic heterocycles. The number of nitrogens with zero attached hydrogens (tertiary/aromatic N) is 3. The predicted octanol–water partition coefficient (Wildman–Crippen LogP) is 2.88. The van der Waals surface area contributed by atoms with Crippen LogP contribution in [-0.4, -0.2) is 21.9 Å². The summed E-state index contributed by atoms with van der Waals surface area (Å²) in [5, 5.41) is 4.20. The first-order valence-corrected chi connectivity index (χ1v) is 5.84. The lowest BCUT2D eigenvalue weighted by atomic mass is 10.2. The van der Waals surface area contributed by atoms with Gasteiger partial charge in [-0.25, -0.2) is 14.1 Å². The molecule has 19 heavy (non-hydrogen) atoms. The molecule has 0 bridgehead atoms. The number of halogens is 1. The molecule has 0 N–H and O–H groups in total. The third-order valence-corrected chi connectivity index (χ3v) is 3.03. The number of ether oxygens (including phenoxy) is 1. The third-order valence-electron chi connectivity index (χ3n) is 3.03. The van der Waals surface area contributed by atoms with Gasteiger partial charge in [-0.2, -0.15) is 5.10 Å². The smallest absolute Gasteiger partial charge is 0.151 e. The molecular formula is C14H12FN3O. The van der Waals surface area contributed by atoms with E-state index in [1.165, 1.54) is 4.68 Å². The predicted molar refractivity (Wildman–Crippen MR) is 70.1 cm³/mol. The first kappa shape index (κ1) is 11.6. The van der Waals surface area contributed by atoms with Gasteiger partial charge in [-0.05, 0) is 18.6 Å². The molecule has 3 rings (SSSR count). The summed E-state index contributed by atoms with van der Waals surface area (Å²) in [5.74, 6) is 0.331. The van der Waals surface area contributed by atoms with Gasteiger partial charge >= 0.3 is 0 Å². The third kappa shape index (κ3) is 1.83. The standard InChI is InChI=1S/C14H12FN3O/c1-9-4-3-5-12(14(9)15)18-13-6-10(19-2)7-16-11(13)8-17-18/h3-8H,1-2H3. The number of aromatic nitrogens is 3. The highest BCUT2D eigenvalue weighted by molar-refractivity contribution is 5.77. The molecule has 1 aromatic carbocycles. The number of rotatable bonds is 2. The number of hydrogen-bond acceptors (Lipinski definition) is 3. The minimum Gasteiger partial charge on any atom is -0.495 e. The number of pyridine rings is 1. The normalized spacial score (nSPS) is 10.9. The maximum Gasteiger partial charge on any atom is 0.151 e. The molecular weight excluding hydrogens is 245 g/mol. The quantitative estimate of drug-likeness (QED) is 0.708. The van der Waals surface area contributed by atoms with Crippen LogP contribution in [-0.2, 0) is 0 Å². The highest BCUT2D eigenvalue weighted by atomic mass is 19.1. The van der Waals surface area contributed by atoms with Crippen molar-refractivity contribution in [3.05, 3.63) is 48.0 Å². The SMILES string of the molecule is COc1cnc2cnn(-c3cccc(C)c3F)c2c1. The maximum absolute atomic E-state index is 14.2. The number of aryl methyl sites for hydroxylation is 1. The van der Waals surface area contributed by atoms with E-state index in [2.05, 4.69) is 10.1 Å². The Kier molecular flexibility index (Phi) is 2.67. The number of hydrogen-bond donors (Lipinski definition) is 0. The Balaban J connectivity index is 2.27. The zero-order valence-electron chi connectivity index (χ0n) is 10.6. The van der Waals surface area contributed by atoms with E-state index in [1.54, 1.807) is 50.7 Å². The van der Waals surface area contributed by atoms with Crippen LogP contribution >= 0.6 is 0 Å². The van der Waals surface area contributed by atoms with E-state index in [-0.39, 0.29) is 5.82 Å². The molecule has 0 spiro atoms. The Bertz CT molecular complexity index is 752. The molecule has 0 aliphatic carbocycles. The summed E-state index contributed by atoms with van der Waals surface area (Å²) in [6, 6.07) is 7.00. The summed E-state index contributed by atoms with van der Waals surface area (Å²) in [5.41, 5.74) is 2.40. The fourth-order valence-electron chi connectivity index (χ4n) is 1.99. The molecule has 4 nitrogen and oxygen atoms in total. The molecule has 96 valence electrons. The molecule has 0 fully saturated rings. The lowest BCUT2D eigenvalue weighted by molar-refractivity contribution is 0.413. The topological polar surface area (TPSA) is 39.9 Å². The molecule has 2 heterocycles.